The predicted molar refractivity (Wildman–Crippen MR) is 74.6 cm³/mol. The molecule has 0 atom stereocenters. The molecular formula is C15H24O4. The number of carbonyl (C=O) groups excluding carboxylic acids is 2. The molecule has 0 unspecified atom stereocenters. The maximum atomic E-state index is 11.2. The van der Waals surface area contributed by atoms with Gasteiger partial charge in [-0.25, -0.2) is 9.59 Å². The van der Waals surface area contributed by atoms with Crippen molar-refractivity contribution in [1.29, 1.82) is 0 Å². The van der Waals surface area contributed by atoms with E-state index in [1.165, 1.54) is 0 Å². The van der Waals surface area contributed by atoms with Gasteiger partial charge in [-0.1, -0.05) is 38.8 Å². The fourth-order valence-corrected chi connectivity index (χ4v) is 1.27. The molecule has 0 rings (SSSR count). The standard InChI is InChI=1S/C15H24O4/c1-3-5-7-9-13-19-15(17)11-10-14(16)18-12-8-6-4-2/h5,7,10-11H,3-4,6,8-9,12-13H2,1-2H3/b7-5-,11-10+. The van der Waals surface area contributed by atoms with E-state index >= 15 is 0 Å². The molecule has 0 saturated heterocycles. The van der Waals surface area contributed by atoms with Crippen molar-refractivity contribution in [1.82, 2.24) is 0 Å². The van der Waals surface area contributed by atoms with Crippen molar-refractivity contribution in [3.8, 4) is 0 Å². The third-order valence-corrected chi connectivity index (χ3v) is 2.28. The SMILES string of the molecule is CC/C=C\CCOC(=O)/C=C/C(=O)OCCCCC. The van der Waals surface area contributed by atoms with Gasteiger partial charge in [0.25, 0.3) is 0 Å². The predicted octanol–water partition coefficient (Wildman–Crippen LogP) is 3.18. The second-order valence-electron chi connectivity index (χ2n) is 4.04. The van der Waals surface area contributed by atoms with E-state index < -0.39 is 11.9 Å². The zero-order valence-electron chi connectivity index (χ0n) is 11.9. The van der Waals surface area contributed by atoms with Gasteiger partial charge in [0.15, 0.2) is 0 Å². The van der Waals surface area contributed by atoms with Gasteiger partial charge in [0.2, 0.25) is 0 Å². The summed E-state index contributed by atoms with van der Waals surface area (Å²) < 4.78 is 9.80. The molecule has 0 bridgehead atoms. The number of carbonyl (C=O) groups is 2. The number of allylic oxidation sites excluding steroid dienone is 1. The molecule has 0 aromatic heterocycles. The van der Waals surface area contributed by atoms with Gasteiger partial charge in [-0.3, -0.25) is 0 Å². The molecule has 0 aliphatic heterocycles. The Kier molecular flexibility index (Phi) is 11.8. The van der Waals surface area contributed by atoms with Gasteiger partial charge in [-0.2, -0.15) is 0 Å². The van der Waals surface area contributed by atoms with E-state index in [0.29, 0.717) is 19.6 Å². The largest absolute Gasteiger partial charge is 0.463 e. The summed E-state index contributed by atoms with van der Waals surface area (Å²) in [6.07, 6.45) is 10.8. The number of hydrogen-bond donors (Lipinski definition) is 0. The third-order valence-electron chi connectivity index (χ3n) is 2.28. The molecule has 0 heterocycles. The quantitative estimate of drug-likeness (QED) is 0.264. The Labute approximate surface area is 115 Å². The molecule has 0 spiro atoms. The first kappa shape index (κ1) is 17.4. The molecule has 4 heteroatoms. The van der Waals surface area contributed by atoms with Crippen molar-refractivity contribution in [3.63, 3.8) is 0 Å². The Bertz CT molecular complexity index is 305. The highest BCUT2D eigenvalue weighted by Crippen LogP contribution is 1.95. The molecule has 0 amide bonds. The molecule has 108 valence electrons. The highest BCUT2D eigenvalue weighted by atomic mass is 16.5. The monoisotopic (exact) mass is 268 g/mol. The fraction of sp³-hybridized carbons (Fsp3) is 0.600. The van der Waals surface area contributed by atoms with E-state index in [1.807, 2.05) is 19.1 Å². The summed E-state index contributed by atoms with van der Waals surface area (Å²) in [5.41, 5.74) is 0. The Hall–Kier alpha value is -1.58. The molecule has 0 aliphatic carbocycles. The topological polar surface area (TPSA) is 52.6 Å². The fourth-order valence-electron chi connectivity index (χ4n) is 1.27. The van der Waals surface area contributed by atoms with Crippen molar-refractivity contribution >= 4 is 11.9 Å². The van der Waals surface area contributed by atoms with E-state index in [-0.39, 0.29) is 0 Å². The summed E-state index contributed by atoms with van der Waals surface area (Å²) in [6, 6.07) is 0. The summed E-state index contributed by atoms with van der Waals surface area (Å²) in [7, 11) is 0. The van der Waals surface area contributed by atoms with Crippen molar-refractivity contribution in [2.24, 2.45) is 0 Å². The molecule has 19 heavy (non-hydrogen) atoms. The van der Waals surface area contributed by atoms with Crippen LogP contribution in [0.25, 0.3) is 0 Å². The van der Waals surface area contributed by atoms with Crippen molar-refractivity contribution in [3.05, 3.63) is 24.3 Å². The minimum absolute atomic E-state index is 0.325. The number of hydrogen-bond acceptors (Lipinski definition) is 4. The molecule has 0 aromatic rings. The Morgan fingerprint density at radius 3 is 2.11 bits per heavy atom. The lowest BCUT2D eigenvalue weighted by atomic mass is 10.3. The third kappa shape index (κ3) is 12.7. The molecular weight excluding hydrogens is 244 g/mol. The molecule has 0 aliphatic rings. The van der Waals surface area contributed by atoms with Gasteiger partial charge in [-0.05, 0) is 19.3 Å². The van der Waals surface area contributed by atoms with E-state index in [9.17, 15) is 9.59 Å². The van der Waals surface area contributed by atoms with E-state index in [2.05, 4.69) is 6.92 Å². The van der Waals surface area contributed by atoms with Crippen LogP contribution < -0.4 is 0 Å². The van der Waals surface area contributed by atoms with Crippen LogP contribution in [-0.2, 0) is 19.1 Å². The normalized spacial score (nSPS) is 11.1. The summed E-state index contributed by atoms with van der Waals surface area (Å²) >= 11 is 0. The minimum atomic E-state index is -0.518. The molecule has 0 fully saturated rings. The first-order valence-electron chi connectivity index (χ1n) is 6.87. The first-order chi connectivity index (χ1) is 9.20. The van der Waals surface area contributed by atoms with Crippen LogP contribution in [0.4, 0.5) is 0 Å². The Morgan fingerprint density at radius 1 is 0.895 bits per heavy atom. The van der Waals surface area contributed by atoms with Crippen LogP contribution in [0.5, 0.6) is 0 Å². The van der Waals surface area contributed by atoms with Crippen LogP contribution in [0.3, 0.4) is 0 Å². The minimum Gasteiger partial charge on any atom is -0.463 e. The van der Waals surface area contributed by atoms with Crippen LogP contribution >= 0.6 is 0 Å². The second kappa shape index (κ2) is 12.9. The van der Waals surface area contributed by atoms with Crippen molar-refractivity contribution in [2.45, 2.75) is 46.0 Å². The molecule has 4 nitrogen and oxygen atoms in total. The number of rotatable bonds is 10. The zero-order valence-corrected chi connectivity index (χ0v) is 11.9. The Balaban J connectivity index is 3.64. The van der Waals surface area contributed by atoms with Gasteiger partial charge < -0.3 is 9.47 Å². The lowest BCUT2D eigenvalue weighted by molar-refractivity contribution is -0.140. The summed E-state index contributed by atoms with van der Waals surface area (Å²) in [4.78, 5) is 22.4. The molecule has 0 N–H and O–H groups in total. The van der Waals surface area contributed by atoms with Gasteiger partial charge >= 0.3 is 11.9 Å². The smallest absolute Gasteiger partial charge is 0.331 e. The summed E-state index contributed by atoms with van der Waals surface area (Å²) in [5.74, 6) is -1.02. The van der Waals surface area contributed by atoms with Crippen molar-refractivity contribution < 1.29 is 19.1 Å². The average Bonchev–Trinajstić information content (AvgIpc) is 2.41. The maximum Gasteiger partial charge on any atom is 0.331 e. The van der Waals surface area contributed by atoms with Crippen LogP contribution in [0.2, 0.25) is 0 Å². The lowest BCUT2D eigenvalue weighted by Gasteiger charge is -2.00. The maximum absolute atomic E-state index is 11.2. The van der Waals surface area contributed by atoms with Gasteiger partial charge in [0.05, 0.1) is 13.2 Å². The van der Waals surface area contributed by atoms with Crippen LogP contribution in [0.1, 0.15) is 46.0 Å². The average molecular weight is 268 g/mol. The summed E-state index contributed by atoms with van der Waals surface area (Å²) in [6.45, 7) is 4.84. The van der Waals surface area contributed by atoms with E-state index in [1.54, 1.807) is 0 Å². The first-order valence-corrected chi connectivity index (χ1v) is 6.87. The second-order valence-corrected chi connectivity index (χ2v) is 4.04. The van der Waals surface area contributed by atoms with Gasteiger partial charge in [-0.15, -0.1) is 0 Å². The Morgan fingerprint density at radius 2 is 1.53 bits per heavy atom. The van der Waals surface area contributed by atoms with Gasteiger partial charge in [0, 0.05) is 12.2 Å². The molecule has 0 radical (unpaired) electrons. The zero-order chi connectivity index (χ0) is 14.3. The van der Waals surface area contributed by atoms with Crippen molar-refractivity contribution in [2.75, 3.05) is 13.2 Å². The highest BCUT2D eigenvalue weighted by Gasteiger charge is 2.00. The lowest BCUT2D eigenvalue weighted by Crippen LogP contribution is -2.05. The number of unbranched alkanes of at least 4 members (excludes halogenated alkanes) is 2. The van der Waals surface area contributed by atoms with Crippen LogP contribution in [-0.4, -0.2) is 25.2 Å². The highest BCUT2D eigenvalue weighted by molar-refractivity contribution is 5.91. The molecule has 0 aromatic carbocycles. The molecule has 0 saturated carbocycles. The number of esters is 2. The van der Waals surface area contributed by atoms with E-state index in [4.69, 9.17) is 9.47 Å². The van der Waals surface area contributed by atoms with E-state index in [0.717, 1.165) is 37.8 Å². The van der Waals surface area contributed by atoms with Gasteiger partial charge in [0.1, 0.15) is 0 Å². The van der Waals surface area contributed by atoms with Crippen LogP contribution in [0.15, 0.2) is 24.3 Å². The summed E-state index contributed by atoms with van der Waals surface area (Å²) in [5, 5.41) is 0. The number of ether oxygens (including phenoxy) is 2. The van der Waals surface area contributed by atoms with Crippen LogP contribution in [0, 0.1) is 0 Å².